The Morgan fingerprint density at radius 2 is 1.89 bits per heavy atom. The van der Waals surface area contributed by atoms with E-state index in [2.05, 4.69) is 36.2 Å². The highest BCUT2D eigenvalue weighted by molar-refractivity contribution is 5.75. The van der Waals surface area contributed by atoms with Crippen molar-refractivity contribution in [3.8, 4) is 0 Å². The first-order valence-electron chi connectivity index (χ1n) is 6.58. The highest BCUT2D eigenvalue weighted by atomic mass is 16.5. The van der Waals surface area contributed by atoms with E-state index in [1.807, 2.05) is 6.07 Å². The van der Waals surface area contributed by atoms with Gasteiger partial charge in [-0.25, -0.2) is 0 Å². The molecule has 2 saturated heterocycles. The van der Waals surface area contributed by atoms with Gasteiger partial charge in [-0.05, 0) is 25.5 Å². The molecule has 3 nitrogen and oxygen atoms in total. The Bertz CT molecular complexity index is 445. The quantitative estimate of drug-likeness (QED) is 0.747. The molecule has 0 N–H and O–H groups in total. The van der Waals surface area contributed by atoms with Crippen LogP contribution >= 0.6 is 0 Å². The van der Waals surface area contributed by atoms with Crippen LogP contribution in [-0.2, 0) is 9.53 Å². The zero-order valence-corrected chi connectivity index (χ0v) is 10.9. The Kier molecular flexibility index (Phi) is 2.86. The van der Waals surface area contributed by atoms with Gasteiger partial charge in [0, 0.05) is 18.0 Å². The Hall–Kier alpha value is -1.35. The summed E-state index contributed by atoms with van der Waals surface area (Å²) in [5.41, 5.74) is 1.27. The number of benzene rings is 1. The Labute approximate surface area is 108 Å². The average Bonchev–Trinajstić information content (AvgIpc) is 2.92. The van der Waals surface area contributed by atoms with Crippen molar-refractivity contribution in [3.63, 3.8) is 0 Å². The molecule has 96 valence electrons. The molecule has 0 saturated carbocycles. The van der Waals surface area contributed by atoms with Crippen LogP contribution in [0.4, 0.5) is 0 Å². The second-order valence-corrected chi connectivity index (χ2v) is 5.36. The van der Waals surface area contributed by atoms with E-state index in [0.717, 1.165) is 6.42 Å². The number of nitrogens with zero attached hydrogens (tertiary/aromatic N) is 1. The third-order valence-electron chi connectivity index (χ3n) is 4.68. The van der Waals surface area contributed by atoms with E-state index in [1.165, 1.54) is 19.1 Å². The fourth-order valence-corrected chi connectivity index (χ4v) is 3.88. The molecule has 2 aliphatic heterocycles. The molecule has 0 radical (unpaired) electrons. The van der Waals surface area contributed by atoms with E-state index in [-0.39, 0.29) is 11.9 Å². The van der Waals surface area contributed by atoms with Crippen LogP contribution < -0.4 is 0 Å². The summed E-state index contributed by atoms with van der Waals surface area (Å²) in [5.74, 6) is 0.242. The first kappa shape index (κ1) is 11.7. The molecule has 2 fully saturated rings. The molecular weight excluding hydrogens is 226 g/mol. The maximum atomic E-state index is 12.1. The number of hydrogen-bond acceptors (Lipinski definition) is 3. The number of methoxy groups -OCH3 is 1. The molecule has 2 aliphatic rings. The zero-order chi connectivity index (χ0) is 12.7. The first-order valence-corrected chi connectivity index (χ1v) is 6.58. The van der Waals surface area contributed by atoms with E-state index in [9.17, 15) is 4.79 Å². The van der Waals surface area contributed by atoms with Gasteiger partial charge >= 0.3 is 5.97 Å². The van der Waals surface area contributed by atoms with Crippen molar-refractivity contribution in [1.29, 1.82) is 0 Å². The molecule has 2 heterocycles. The van der Waals surface area contributed by atoms with Gasteiger partial charge in [-0.15, -0.1) is 0 Å². The summed E-state index contributed by atoms with van der Waals surface area (Å²) in [6.45, 7) is 0. The average molecular weight is 245 g/mol. The summed E-state index contributed by atoms with van der Waals surface area (Å²) >= 11 is 0. The lowest BCUT2D eigenvalue weighted by Crippen LogP contribution is -2.33. The van der Waals surface area contributed by atoms with E-state index in [4.69, 9.17) is 4.74 Å². The van der Waals surface area contributed by atoms with Crippen molar-refractivity contribution in [3.05, 3.63) is 35.9 Å². The molecule has 0 amide bonds. The van der Waals surface area contributed by atoms with Crippen LogP contribution in [0, 0.1) is 5.92 Å². The van der Waals surface area contributed by atoms with Crippen molar-refractivity contribution in [2.75, 3.05) is 14.2 Å². The maximum absolute atomic E-state index is 12.1. The largest absolute Gasteiger partial charge is 0.469 e. The van der Waals surface area contributed by atoms with Crippen molar-refractivity contribution in [2.24, 2.45) is 5.92 Å². The monoisotopic (exact) mass is 245 g/mol. The van der Waals surface area contributed by atoms with Gasteiger partial charge in [0.15, 0.2) is 0 Å². The summed E-state index contributed by atoms with van der Waals surface area (Å²) < 4.78 is 5.02. The van der Waals surface area contributed by atoms with Gasteiger partial charge in [0.25, 0.3) is 0 Å². The molecule has 2 bridgehead atoms. The minimum Gasteiger partial charge on any atom is -0.469 e. The second-order valence-electron chi connectivity index (χ2n) is 5.36. The third kappa shape index (κ3) is 1.57. The topological polar surface area (TPSA) is 29.5 Å². The summed E-state index contributed by atoms with van der Waals surface area (Å²) in [7, 11) is 3.64. The van der Waals surface area contributed by atoms with Gasteiger partial charge in [0.2, 0.25) is 0 Å². The van der Waals surface area contributed by atoms with Gasteiger partial charge in [0.05, 0.1) is 13.0 Å². The summed E-state index contributed by atoms with van der Waals surface area (Å²) in [5, 5.41) is 0. The van der Waals surface area contributed by atoms with E-state index >= 15 is 0 Å². The predicted octanol–water partition coefficient (Wildman–Crippen LogP) is 2.04. The number of rotatable bonds is 2. The van der Waals surface area contributed by atoms with Crippen LogP contribution in [0.25, 0.3) is 0 Å². The number of ether oxygens (including phenoxy) is 1. The van der Waals surface area contributed by atoms with Crippen LogP contribution in [0.5, 0.6) is 0 Å². The molecule has 2 unspecified atom stereocenters. The van der Waals surface area contributed by atoms with E-state index in [1.54, 1.807) is 0 Å². The van der Waals surface area contributed by atoms with Crippen LogP contribution in [0.1, 0.15) is 24.3 Å². The molecule has 1 aromatic carbocycles. The summed E-state index contributed by atoms with van der Waals surface area (Å²) in [6.07, 6.45) is 2.30. The number of likely N-dealkylation sites (N-methyl/N-ethyl adjacent to an activating group) is 1. The molecule has 3 rings (SSSR count). The highest BCUT2D eigenvalue weighted by Gasteiger charge is 2.55. The van der Waals surface area contributed by atoms with Gasteiger partial charge in [-0.1, -0.05) is 30.3 Å². The second kappa shape index (κ2) is 4.39. The SMILES string of the molecule is COC(=O)[C@H]1C2CCC([C@H]1c1ccccc1)N2C. The van der Waals surface area contributed by atoms with Crippen molar-refractivity contribution >= 4 is 5.97 Å². The van der Waals surface area contributed by atoms with Crippen molar-refractivity contribution in [2.45, 2.75) is 30.8 Å². The van der Waals surface area contributed by atoms with Gasteiger partial charge in [-0.3, -0.25) is 9.69 Å². The molecule has 0 spiro atoms. The van der Waals surface area contributed by atoms with Crippen molar-refractivity contribution < 1.29 is 9.53 Å². The molecule has 0 aliphatic carbocycles. The van der Waals surface area contributed by atoms with Gasteiger partial charge in [0.1, 0.15) is 0 Å². The van der Waals surface area contributed by atoms with Crippen LogP contribution in [0.3, 0.4) is 0 Å². The summed E-state index contributed by atoms with van der Waals surface area (Å²) in [4.78, 5) is 14.5. The van der Waals surface area contributed by atoms with Crippen LogP contribution in [-0.4, -0.2) is 37.1 Å². The number of carbonyl (C=O) groups is 1. The molecule has 4 atom stereocenters. The molecule has 1 aromatic rings. The molecular formula is C15H19NO2. The predicted molar refractivity (Wildman–Crippen MR) is 69.3 cm³/mol. The van der Waals surface area contributed by atoms with Crippen molar-refractivity contribution in [1.82, 2.24) is 4.90 Å². The Morgan fingerprint density at radius 3 is 2.56 bits per heavy atom. The minimum atomic E-state index is -0.0529. The zero-order valence-electron chi connectivity index (χ0n) is 10.9. The lowest BCUT2D eigenvalue weighted by atomic mass is 9.75. The number of carbonyl (C=O) groups excluding carboxylic acids is 1. The fraction of sp³-hybridized carbons (Fsp3) is 0.533. The summed E-state index contributed by atoms with van der Waals surface area (Å²) in [6, 6.07) is 11.2. The molecule has 0 aromatic heterocycles. The van der Waals surface area contributed by atoms with E-state index in [0.29, 0.717) is 18.0 Å². The highest BCUT2D eigenvalue weighted by Crippen LogP contribution is 2.50. The Morgan fingerprint density at radius 1 is 1.22 bits per heavy atom. The number of fused-ring (bicyclic) bond motifs is 2. The first-order chi connectivity index (χ1) is 8.74. The standard InChI is InChI=1S/C15H19NO2/c1-16-11-8-9-12(16)14(15(17)18-2)13(11)10-6-4-3-5-7-10/h3-7,11-14H,8-9H2,1-2H3/t11?,12?,13-,14+/m1/s1. The maximum Gasteiger partial charge on any atom is 0.310 e. The fourth-order valence-electron chi connectivity index (χ4n) is 3.88. The smallest absolute Gasteiger partial charge is 0.310 e. The normalized spacial score (nSPS) is 34.8. The molecule has 18 heavy (non-hydrogen) atoms. The van der Waals surface area contributed by atoms with E-state index < -0.39 is 0 Å². The van der Waals surface area contributed by atoms with Gasteiger partial charge in [-0.2, -0.15) is 0 Å². The third-order valence-corrected chi connectivity index (χ3v) is 4.68. The number of esters is 1. The van der Waals surface area contributed by atoms with Crippen LogP contribution in [0.15, 0.2) is 30.3 Å². The van der Waals surface area contributed by atoms with Gasteiger partial charge < -0.3 is 4.74 Å². The number of hydrogen-bond donors (Lipinski definition) is 0. The minimum absolute atomic E-state index is 0.00106. The Balaban J connectivity index is 1.98. The lowest BCUT2D eigenvalue weighted by Gasteiger charge is -2.27. The molecule has 3 heteroatoms. The van der Waals surface area contributed by atoms with Crippen LogP contribution in [0.2, 0.25) is 0 Å². The lowest BCUT2D eigenvalue weighted by molar-refractivity contribution is -0.147.